The van der Waals surface area contributed by atoms with Gasteiger partial charge in [0, 0.05) is 19.1 Å². The van der Waals surface area contributed by atoms with Crippen molar-refractivity contribution >= 4 is 16.9 Å². The molecule has 1 aromatic carbocycles. The van der Waals surface area contributed by atoms with Gasteiger partial charge in [-0.05, 0) is 0 Å². The molecule has 0 heterocycles. The minimum atomic E-state index is -0.919. The van der Waals surface area contributed by atoms with Crippen molar-refractivity contribution < 1.29 is 18.7 Å². The Bertz CT molecular complexity index is 452. The molecule has 1 aromatic rings. The van der Waals surface area contributed by atoms with Gasteiger partial charge >= 0.3 is 0 Å². The number of rotatable bonds is 1. The fourth-order valence-electron chi connectivity index (χ4n) is 0.941. The SMILES string of the molecule is CC(=O)SCC#Cc1c(F)cc(O)cc1F. The lowest BCUT2D eigenvalue weighted by Crippen LogP contribution is -1.90. The molecular weight excluding hydrogens is 234 g/mol. The maximum atomic E-state index is 13.1. The van der Waals surface area contributed by atoms with Crippen molar-refractivity contribution in [2.24, 2.45) is 0 Å². The van der Waals surface area contributed by atoms with Crippen molar-refractivity contribution in [1.82, 2.24) is 0 Å². The molecule has 0 spiro atoms. The van der Waals surface area contributed by atoms with Crippen molar-refractivity contribution in [2.75, 3.05) is 5.75 Å². The molecule has 0 bridgehead atoms. The Morgan fingerprint density at radius 2 is 2.00 bits per heavy atom. The molecule has 0 aromatic heterocycles. The normalized spacial score (nSPS) is 9.44. The number of carbonyl (C=O) groups excluding carboxylic acids is 1. The van der Waals surface area contributed by atoms with Crippen molar-refractivity contribution in [2.45, 2.75) is 6.92 Å². The minimum Gasteiger partial charge on any atom is -0.508 e. The molecular formula is C11H8F2O2S. The molecule has 0 unspecified atom stereocenters. The predicted octanol–water partition coefficient (Wildman–Crippen LogP) is 2.30. The third-order valence-corrected chi connectivity index (χ3v) is 2.28. The highest BCUT2D eigenvalue weighted by atomic mass is 32.2. The van der Waals surface area contributed by atoms with Gasteiger partial charge in [-0.1, -0.05) is 23.6 Å². The smallest absolute Gasteiger partial charge is 0.186 e. The second-order valence-corrected chi connectivity index (χ2v) is 4.02. The standard InChI is InChI=1S/C11H8F2O2S/c1-7(14)16-4-2-3-9-10(12)5-8(15)6-11(9)13/h5-6,15H,4H2,1H3. The maximum absolute atomic E-state index is 13.1. The molecule has 0 aliphatic heterocycles. The Balaban J connectivity index is 2.84. The van der Waals surface area contributed by atoms with Gasteiger partial charge < -0.3 is 5.11 Å². The van der Waals surface area contributed by atoms with Gasteiger partial charge in [-0.3, -0.25) is 4.79 Å². The van der Waals surface area contributed by atoms with Crippen LogP contribution in [0.15, 0.2) is 12.1 Å². The van der Waals surface area contributed by atoms with E-state index in [-0.39, 0.29) is 10.9 Å². The first-order chi connectivity index (χ1) is 7.50. The molecule has 1 N–H and O–H groups in total. The molecule has 0 amide bonds. The number of benzene rings is 1. The summed E-state index contributed by atoms with van der Waals surface area (Å²) in [5.41, 5.74) is -0.401. The molecule has 0 saturated carbocycles. The average Bonchev–Trinajstić information content (AvgIpc) is 2.14. The van der Waals surface area contributed by atoms with Gasteiger partial charge in [0.25, 0.3) is 0 Å². The summed E-state index contributed by atoms with van der Waals surface area (Å²) < 4.78 is 26.2. The molecule has 2 nitrogen and oxygen atoms in total. The summed E-state index contributed by atoms with van der Waals surface area (Å²) in [4.78, 5) is 10.5. The first-order valence-corrected chi connectivity index (χ1v) is 5.29. The zero-order chi connectivity index (χ0) is 12.1. The second-order valence-electron chi connectivity index (χ2n) is 2.87. The summed E-state index contributed by atoms with van der Waals surface area (Å²) in [7, 11) is 0. The number of halogens is 2. The van der Waals surface area contributed by atoms with Crippen LogP contribution >= 0.6 is 11.8 Å². The summed E-state index contributed by atoms with van der Waals surface area (Å²) in [5.74, 6) is 2.60. The van der Waals surface area contributed by atoms with Crippen molar-refractivity contribution in [3.63, 3.8) is 0 Å². The summed E-state index contributed by atoms with van der Waals surface area (Å²) in [5, 5.41) is 8.78. The topological polar surface area (TPSA) is 37.3 Å². The molecule has 0 aliphatic carbocycles. The fourth-order valence-corrected chi connectivity index (χ4v) is 1.29. The van der Waals surface area contributed by atoms with Crippen LogP contribution in [0.4, 0.5) is 8.78 Å². The van der Waals surface area contributed by atoms with E-state index in [9.17, 15) is 13.6 Å². The Hall–Kier alpha value is -1.54. The van der Waals surface area contributed by atoms with E-state index in [1.807, 2.05) is 0 Å². The van der Waals surface area contributed by atoms with Crippen LogP contribution in [0.1, 0.15) is 12.5 Å². The Morgan fingerprint density at radius 1 is 1.44 bits per heavy atom. The fraction of sp³-hybridized carbons (Fsp3) is 0.182. The molecule has 0 radical (unpaired) electrons. The van der Waals surface area contributed by atoms with Gasteiger partial charge in [0.15, 0.2) is 5.12 Å². The molecule has 0 saturated heterocycles. The largest absolute Gasteiger partial charge is 0.508 e. The zero-order valence-corrected chi connectivity index (χ0v) is 9.20. The lowest BCUT2D eigenvalue weighted by atomic mass is 10.2. The van der Waals surface area contributed by atoms with Gasteiger partial charge in [-0.2, -0.15) is 0 Å². The molecule has 0 aliphatic rings. The average molecular weight is 242 g/mol. The van der Waals surface area contributed by atoms with E-state index in [2.05, 4.69) is 11.8 Å². The van der Waals surface area contributed by atoms with Crippen molar-refractivity contribution in [1.29, 1.82) is 0 Å². The highest BCUT2D eigenvalue weighted by molar-refractivity contribution is 8.13. The van der Waals surface area contributed by atoms with E-state index in [0.29, 0.717) is 0 Å². The zero-order valence-electron chi connectivity index (χ0n) is 8.38. The van der Waals surface area contributed by atoms with Crippen molar-refractivity contribution in [3.05, 3.63) is 29.3 Å². The molecule has 84 valence electrons. The number of phenolic OH excluding ortho intramolecular Hbond substituents is 1. The third kappa shape index (κ3) is 3.55. The number of hydrogen-bond donors (Lipinski definition) is 1. The number of carbonyl (C=O) groups is 1. The number of thioether (sulfide) groups is 1. The molecule has 16 heavy (non-hydrogen) atoms. The quantitative estimate of drug-likeness (QED) is 0.768. The lowest BCUT2D eigenvalue weighted by Gasteiger charge is -1.97. The van der Waals surface area contributed by atoms with Gasteiger partial charge in [0.2, 0.25) is 0 Å². The van der Waals surface area contributed by atoms with Gasteiger partial charge in [0.05, 0.1) is 11.3 Å². The molecule has 0 fully saturated rings. The van der Waals surface area contributed by atoms with E-state index in [4.69, 9.17) is 5.11 Å². The Labute approximate surface area is 95.7 Å². The summed E-state index contributed by atoms with van der Waals surface area (Å²) in [6, 6.07) is 1.57. The number of aromatic hydroxyl groups is 1. The van der Waals surface area contributed by atoms with E-state index in [1.165, 1.54) is 6.92 Å². The minimum absolute atomic E-state index is 0.110. The van der Waals surface area contributed by atoms with Crippen LogP contribution in [-0.4, -0.2) is 16.0 Å². The predicted molar refractivity (Wildman–Crippen MR) is 58.0 cm³/mol. The second kappa shape index (κ2) is 5.52. The first kappa shape index (κ1) is 12.5. The lowest BCUT2D eigenvalue weighted by molar-refractivity contribution is -0.109. The van der Waals surface area contributed by atoms with Crippen LogP contribution in [0, 0.1) is 23.5 Å². The number of hydrogen-bond acceptors (Lipinski definition) is 3. The number of phenols is 1. The van der Waals surface area contributed by atoms with Gasteiger partial charge in [0.1, 0.15) is 17.4 Å². The van der Waals surface area contributed by atoms with Crippen LogP contribution in [0.3, 0.4) is 0 Å². The maximum Gasteiger partial charge on any atom is 0.186 e. The van der Waals surface area contributed by atoms with Crippen LogP contribution in [0.5, 0.6) is 5.75 Å². The third-order valence-electron chi connectivity index (χ3n) is 1.59. The van der Waals surface area contributed by atoms with Crippen LogP contribution < -0.4 is 0 Å². The van der Waals surface area contributed by atoms with Crippen LogP contribution in [0.25, 0.3) is 0 Å². The van der Waals surface area contributed by atoms with Crippen LogP contribution in [-0.2, 0) is 4.79 Å². The molecule has 5 heteroatoms. The van der Waals surface area contributed by atoms with E-state index < -0.39 is 22.9 Å². The summed E-state index contributed by atoms with van der Waals surface area (Å²) in [6.07, 6.45) is 0. The monoisotopic (exact) mass is 242 g/mol. The van der Waals surface area contributed by atoms with Gasteiger partial charge in [-0.15, -0.1) is 0 Å². The van der Waals surface area contributed by atoms with Crippen LogP contribution in [0.2, 0.25) is 0 Å². The molecule has 0 atom stereocenters. The van der Waals surface area contributed by atoms with E-state index >= 15 is 0 Å². The van der Waals surface area contributed by atoms with E-state index in [1.54, 1.807) is 0 Å². The highest BCUT2D eigenvalue weighted by Crippen LogP contribution is 2.18. The van der Waals surface area contributed by atoms with Gasteiger partial charge in [-0.25, -0.2) is 8.78 Å². The highest BCUT2D eigenvalue weighted by Gasteiger charge is 2.08. The summed E-state index contributed by atoms with van der Waals surface area (Å²) >= 11 is 0.959. The molecule has 1 rings (SSSR count). The van der Waals surface area contributed by atoms with E-state index in [0.717, 1.165) is 23.9 Å². The first-order valence-electron chi connectivity index (χ1n) is 4.31. The summed E-state index contributed by atoms with van der Waals surface area (Å²) in [6.45, 7) is 1.38. The Kier molecular flexibility index (Phi) is 4.32. The van der Waals surface area contributed by atoms with Crippen molar-refractivity contribution in [3.8, 4) is 17.6 Å². The Morgan fingerprint density at radius 3 is 2.50 bits per heavy atom.